The minimum atomic E-state index is 0.0198. The van der Waals surface area contributed by atoms with Gasteiger partial charge in [0.05, 0.1) is 0 Å². The Hall–Kier alpha value is -0.590. The van der Waals surface area contributed by atoms with Crippen LogP contribution in [0.25, 0.3) is 0 Å². The van der Waals surface area contributed by atoms with Gasteiger partial charge in [-0.1, -0.05) is 31.9 Å². The fourth-order valence-corrected chi connectivity index (χ4v) is 3.73. The van der Waals surface area contributed by atoms with Crippen molar-refractivity contribution in [2.75, 3.05) is 0 Å². The summed E-state index contributed by atoms with van der Waals surface area (Å²) in [5.74, 6) is 1.78. The first-order chi connectivity index (χ1) is 7.56. The van der Waals surface area contributed by atoms with E-state index in [4.69, 9.17) is 0 Å². The van der Waals surface area contributed by atoms with E-state index in [9.17, 15) is 4.79 Å². The Labute approximate surface area is 99.3 Å². The molecule has 1 heteroatoms. The van der Waals surface area contributed by atoms with Crippen LogP contribution in [0.5, 0.6) is 0 Å². The number of ketones is 1. The van der Waals surface area contributed by atoms with E-state index in [-0.39, 0.29) is 5.41 Å². The van der Waals surface area contributed by atoms with Gasteiger partial charge in [0.25, 0.3) is 0 Å². The van der Waals surface area contributed by atoms with Crippen LogP contribution in [0.3, 0.4) is 0 Å². The van der Waals surface area contributed by atoms with Crippen molar-refractivity contribution >= 4 is 5.78 Å². The third kappa shape index (κ3) is 1.85. The Balaban J connectivity index is 2.32. The molecule has 1 fully saturated rings. The second-order valence-corrected chi connectivity index (χ2v) is 6.10. The molecule has 0 bridgehead atoms. The molecular weight excluding hydrogens is 196 g/mol. The van der Waals surface area contributed by atoms with Crippen molar-refractivity contribution < 1.29 is 4.79 Å². The summed E-state index contributed by atoms with van der Waals surface area (Å²) in [7, 11) is 0. The van der Waals surface area contributed by atoms with Crippen molar-refractivity contribution in [2.45, 2.75) is 59.3 Å². The van der Waals surface area contributed by atoms with Crippen LogP contribution in [-0.2, 0) is 4.79 Å². The van der Waals surface area contributed by atoms with Crippen LogP contribution in [0.4, 0.5) is 0 Å². The Kier molecular flexibility index (Phi) is 3.23. The zero-order chi connectivity index (χ0) is 11.8. The smallest absolute Gasteiger partial charge is 0.139 e. The second-order valence-electron chi connectivity index (χ2n) is 6.10. The molecule has 2 aliphatic rings. The Morgan fingerprint density at radius 1 is 1.38 bits per heavy atom. The molecule has 1 saturated carbocycles. The molecule has 90 valence electrons. The predicted molar refractivity (Wildman–Crippen MR) is 67.2 cm³/mol. The second kappa shape index (κ2) is 4.35. The molecule has 0 aromatic carbocycles. The van der Waals surface area contributed by atoms with Crippen LogP contribution >= 0.6 is 0 Å². The molecule has 0 aliphatic heterocycles. The average Bonchev–Trinajstić information content (AvgIpc) is 2.25. The summed E-state index contributed by atoms with van der Waals surface area (Å²) in [6.45, 7) is 6.79. The standard InChI is InChI=1S/C15H24O/c1-11(2)13-10-12(3)7-9-15(13)8-5-4-6-14(15)16/h7,11,13H,4-6,8-10H2,1-3H3. The SMILES string of the molecule is CC1=CCC2(CCCCC2=O)C(C(C)C)C1. The van der Waals surface area contributed by atoms with Crippen molar-refractivity contribution in [1.29, 1.82) is 0 Å². The normalized spacial score (nSPS) is 35.6. The highest BCUT2D eigenvalue weighted by atomic mass is 16.1. The molecule has 0 amide bonds. The largest absolute Gasteiger partial charge is 0.299 e. The van der Waals surface area contributed by atoms with Gasteiger partial charge in [0.2, 0.25) is 0 Å². The Morgan fingerprint density at radius 3 is 2.75 bits per heavy atom. The van der Waals surface area contributed by atoms with E-state index in [1.54, 1.807) is 0 Å². The van der Waals surface area contributed by atoms with Gasteiger partial charge in [0.15, 0.2) is 0 Å². The van der Waals surface area contributed by atoms with E-state index in [1.807, 2.05) is 0 Å². The lowest BCUT2D eigenvalue weighted by atomic mass is 9.56. The topological polar surface area (TPSA) is 17.1 Å². The van der Waals surface area contributed by atoms with Gasteiger partial charge in [-0.05, 0) is 44.4 Å². The number of hydrogen-bond acceptors (Lipinski definition) is 1. The first-order valence-corrected chi connectivity index (χ1v) is 6.75. The third-order valence-electron chi connectivity index (χ3n) is 4.70. The minimum Gasteiger partial charge on any atom is -0.299 e. The maximum absolute atomic E-state index is 12.4. The first kappa shape index (κ1) is 11.9. The molecule has 2 unspecified atom stereocenters. The molecule has 0 heterocycles. The summed E-state index contributed by atoms with van der Waals surface area (Å²) in [6.07, 6.45) is 8.82. The predicted octanol–water partition coefficient (Wildman–Crippen LogP) is 4.13. The molecular formula is C15H24O. The molecule has 0 N–H and O–H groups in total. The van der Waals surface area contributed by atoms with E-state index in [0.29, 0.717) is 17.6 Å². The highest BCUT2D eigenvalue weighted by Crippen LogP contribution is 2.51. The summed E-state index contributed by atoms with van der Waals surface area (Å²) >= 11 is 0. The van der Waals surface area contributed by atoms with Crippen molar-refractivity contribution in [3.8, 4) is 0 Å². The highest BCUT2D eigenvalue weighted by molar-refractivity contribution is 5.86. The van der Waals surface area contributed by atoms with Gasteiger partial charge >= 0.3 is 0 Å². The highest BCUT2D eigenvalue weighted by Gasteiger charge is 2.47. The lowest BCUT2D eigenvalue weighted by Gasteiger charge is -2.46. The summed E-state index contributed by atoms with van der Waals surface area (Å²) in [5.41, 5.74) is 1.51. The lowest BCUT2D eigenvalue weighted by Crippen LogP contribution is -2.44. The maximum atomic E-state index is 12.4. The van der Waals surface area contributed by atoms with Crippen LogP contribution in [0.15, 0.2) is 11.6 Å². The molecule has 2 aliphatic carbocycles. The zero-order valence-electron chi connectivity index (χ0n) is 10.9. The molecule has 0 aromatic heterocycles. The first-order valence-electron chi connectivity index (χ1n) is 6.75. The van der Waals surface area contributed by atoms with Crippen molar-refractivity contribution in [1.82, 2.24) is 0 Å². The fourth-order valence-electron chi connectivity index (χ4n) is 3.73. The molecule has 1 spiro atoms. The van der Waals surface area contributed by atoms with Gasteiger partial charge in [-0.25, -0.2) is 0 Å². The molecule has 2 rings (SSSR count). The van der Waals surface area contributed by atoms with Crippen molar-refractivity contribution in [3.63, 3.8) is 0 Å². The van der Waals surface area contributed by atoms with Crippen molar-refractivity contribution in [3.05, 3.63) is 11.6 Å². The summed E-state index contributed by atoms with van der Waals surface area (Å²) < 4.78 is 0. The molecule has 0 saturated heterocycles. The van der Waals surface area contributed by atoms with E-state index in [1.165, 1.54) is 12.0 Å². The van der Waals surface area contributed by atoms with Gasteiger partial charge in [-0.15, -0.1) is 0 Å². The average molecular weight is 220 g/mol. The number of carbonyl (C=O) groups is 1. The summed E-state index contributed by atoms with van der Waals surface area (Å²) in [4.78, 5) is 12.4. The monoisotopic (exact) mass is 220 g/mol. The minimum absolute atomic E-state index is 0.0198. The van der Waals surface area contributed by atoms with Gasteiger partial charge in [0.1, 0.15) is 5.78 Å². The van der Waals surface area contributed by atoms with E-state index in [2.05, 4.69) is 26.8 Å². The summed E-state index contributed by atoms with van der Waals surface area (Å²) in [6, 6.07) is 0. The van der Waals surface area contributed by atoms with Crippen molar-refractivity contribution in [2.24, 2.45) is 17.3 Å². The number of allylic oxidation sites excluding steroid dienone is 2. The molecule has 16 heavy (non-hydrogen) atoms. The zero-order valence-corrected chi connectivity index (χ0v) is 10.9. The van der Waals surface area contributed by atoms with Crippen LogP contribution in [0, 0.1) is 17.3 Å². The molecule has 0 radical (unpaired) electrons. The lowest BCUT2D eigenvalue weighted by molar-refractivity contribution is -0.136. The van der Waals surface area contributed by atoms with Gasteiger partial charge in [0, 0.05) is 11.8 Å². The Bertz CT molecular complexity index is 313. The number of Topliss-reactive ketones (excluding diaryl/α,β-unsaturated/α-hetero) is 1. The van der Waals surface area contributed by atoms with Gasteiger partial charge in [-0.2, -0.15) is 0 Å². The summed E-state index contributed by atoms with van der Waals surface area (Å²) in [5, 5.41) is 0. The van der Waals surface area contributed by atoms with Crippen LogP contribution in [0.1, 0.15) is 59.3 Å². The van der Waals surface area contributed by atoms with Gasteiger partial charge < -0.3 is 0 Å². The van der Waals surface area contributed by atoms with Crippen LogP contribution in [0.2, 0.25) is 0 Å². The van der Waals surface area contributed by atoms with E-state index >= 15 is 0 Å². The fraction of sp³-hybridized carbons (Fsp3) is 0.800. The third-order valence-corrected chi connectivity index (χ3v) is 4.70. The van der Waals surface area contributed by atoms with Crippen LogP contribution in [-0.4, -0.2) is 5.78 Å². The number of rotatable bonds is 1. The number of hydrogen-bond donors (Lipinski definition) is 0. The molecule has 0 aromatic rings. The molecule has 2 atom stereocenters. The number of carbonyl (C=O) groups excluding carboxylic acids is 1. The van der Waals surface area contributed by atoms with E-state index in [0.717, 1.165) is 32.1 Å². The van der Waals surface area contributed by atoms with Crippen LogP contribution < -0.4 is 0 Å². The van der Waals surface area contributed by atoms with Gasteiger partial charge in [-0.3, -0.25) is 4.79 Å². The maximum Gasteiger partial charge on any atom is 0.139 e. The Morgan fingerprint density at radius 2 is 2.12 bits per heavy atom. The van der Waals surface area contributed by atoms with E-state index < -0.39 is 0 Å². The quantitative estimate of drug-likeness (QED) is 0.607. The molecule has 1 nitrogen and oxygen atoms in total.